The van der Waals surface area contributed by atoms with Gasteiger partial charge in [0, 0.05) is 23.9 Å². The maximum absolute atomic E-state index is 14.1. The Morgan fingerprint density at radius 3 is 2.56 bits per heavy atom. The summed E-state index contributed by atoms with van der Waals surface area (Å²) in [5.41, 5.74) is 2.58. The molecule has 1 N–H and O–H groups in total. The van der Waals surface area contributed by atoms with Crippen LogP contribution >= 0.6 is 0 Å². The smallest absolute Gasteiger partial charge is 0.261 e. The fraction of sp³-hybridized carbons (Fsp3) is 0.200. The number of carbonyl (C=O) groups excluding carboxylic acids is 2. The van der Waals surface area contributed by atoms with Crippen molar-refractivity contribution in [1.29, 1.82) is 0 Å². The second kappa shape index (κ2) is 9.09. The molecule has 0 spiro atoms. The van der Waals surface area contributed by atoms with Crippen LogP contribution in [0.25, 0.3) is 0 Å². The average Bonchev–Trinajstić information content (AvgIpc) is 2.83. The molecule has 4 rings (SSSR count). The van der Waals surface area contributed by atoms with E-state index in [4.69, 9.17) is 9.47 Å². The molecule has 1 aliphatic heterocycles. The highest BCUT2D eigenvalue weighted by Crippen LogP contribution is 2.32. The molecule has 1 heterocycles. The van der Waals surface area contributed by atoms with E-state index >= 15 is 0 Å². The zero-order chi connectivity index (χ0) is 22.7. The quantitative estimate of drug-likeness (QED) is 0.633. The van der Waals surface area contributed by atoms with E-state index in [1.165, 1.54) is 19.2 Å². The Bertz CT molecular complexity index is 1180. The maximum atomic E-state index is 14.1. The number of aryl methyl sites for hydroxylation is 1. The third kappa shape index (κ3) is 4.14. The molecule has 3 aromatic rings. The highest BCUT2D eigenvalue weighted by atomic mass is 19.1. The molecular weight excluding hydrogens is 411 g/mol. The van der Waals surface area contributed by atoms with Gasteiger partial charge in [-0.25, -0.2) is 4.39 Å². The van der Waals surface area contributed by atoms with Crippen molar-refractivity contribution in [3.05, 3.63) is 83.2 Å². The van der Waals surface area contributed by atoms with Gasteiger partial charge in [0.1, 0.15) is 17.3 Å². The lowest BCUT2D eigenvalue weighted by molar-refractivity contribution is 0.0980. The number of nitrogens with zero attached hydrogens (tertiary/aromatic N) is 1. The molecular formula is C25H23FN2O4. The van der Waals surface area contributed by atoms with Gasteiger partial charge < -0.3 is 19.7 Å². The molecule has 164 valence electrons. The van der Waals surface area contributed by atoms with Gasteiger partial charge >= 0.3 is 0 Å². The van der Waals surface area contributed by atoms with Crippen LogP contribution in [0.5, 0.6) is 11.5 Å². The zero-order valence-corrected chi connectivity index (χ0v) is 17.9. The fourth-order valence-electron chi connectivity index (χ4n) is 3.83. The predicted molar refractivity (Wildman–Crippen MR) is 120 cm³/mol. The van der Waals surface area contributed by atoms with Crippen LogP contribution in [0.2, 0.25) is 0 Å². The number of methoxy groups -OCH3 is 2. The van der Waals surface area contributed by atoms with Gasteiger partial charge in [-0.1, -0.05) is 12.1 Å². The molecule has 0 saturated carbocycles. The summed E-state index contributed by atoms with van der Waals surface area (Å²) in [7, 11) is 3.07. The second-order valence-electron chi connectivity index (χ2n) is 7.40. The molecule has 0 fully saturated rings. The Hall–Kier alpha value is -3.87. The third-order valence-corrected chi connectivity index (χ3v) is 5.47. The minimum atomic E-state index is -0.547. The highest BCUT2D eigenvalue weighted by molar-refractivity contribution is 6.08. The van der Waals surface area contributed by atoms with Crippen LogP contribution in [0, 0.1) is 5.82 Å². The monoisotopic (exact) mass is 434 g/mol. The molecule has 7 heteroatoms. The van der Waals surface area contributed by atoms with Crippen LogP contribution in [0.15, 0.2) is 60.7 Å². The number of halogens is 1. The van der Waals surface area contributed by atoms with Gasteiger partial charge in [-0.3, -0.25) is 9.59 Å². The van der Waals surface area contributed by atoms with Gasteiger partial charge in [0.05, 0.1) is 25.5 Å². The van der Waals surface area contributed by atoms with E-state index in [0.717, 1.165) is 18.4 Å². The fourth-order valence-corrected chi connectivity index (χ4v) is 3.83. The number of benzene rings is 3. The Balaban J connectivity index is 1.58. The molecule has 0 aliphatic carbocycles. The van der Waals surface area contributed by atoms with Gasteiger partial charge in [-0.15, -0.1) is 0 Å². The van der Waals surface area contributed by atoms with Crippen LogP contribution in [-0.4, -0.2) is 32.6 Å². The van der Waals surface area contributed by atoms with Crippen molar-refractivity contribution in [2.24, 2.45) is 0 Å². The lowest BCUT2D eigenvalue weighted by atomic mass is 9.98. The van der Waals surface area contributed by atoms with Crippen molar-refractivity contribution in [2.75, 3.05) is 31.0 Å². The minimum absolute atomic E-state index is 0.0359. The number of nitrogens with one attached hydrogen (secondary N) is 1. The summed E-state index contributed by atoms with van der Waals surface area (Å²) in [4.78, 5) is 27.4. The molecule has 0 atom stereocenters. The highest BCUT2D eigenvalue weighted by Gasteiger charge is 2.26. The van der Waals surface area contributed by atoms with E-state index in [0.29, 0.717) is 35.0 Å². The van der Waals surface area contributed by atoms with Crippen LogP contribution in [0.4, 0.5) is 15.8 Å². The first-order valence-corrected chi connectivity index (χ1v) is 10.2. The number of rotatable bonds is 5. The molecule has 0 bridgehead atoms. The first-order chi connectivity index (χ1) is 15.5. The van der Waals surface area contributed by atoms with Crippen molar-refractivity contribution in [1.82, 2.24) is 0 Å². The van der Waals surface area contributed by atoms with Crippen molar-refractivity contribution >= 4 is 23.2 Å². The third-order valence-electron chi connectivity index (χ3n) is 5.47. The number of fused-ring (bicyclic) bond motifs is 1. The first-order valence-electron chi connectivity index (χ1n) is 10.2. The lowest BCUT2D eigenvalue weighted by Gasteiger charge is -2.30. The van der Waals surface area contributed by atoms with Crippen LogP contribution in [0.1, 0.15) is 32.7 Å². The van der Waals surface area contributed by atoms with E-state index in [1.54, 1.807) is 60.5 Å². The summed E-state index contributed by atoms with van der Waals surface area (Å²) >= 11 is 0. The number of hydrogen-bond donors (Lipinski definition) is 1. The van der Waals surface area contributed by atoms with E-state index in [9.17, 15) is 14.0 Å². The Morgan fingerprint density at radius 1 is 1.00 bits per heavy atom. The summed E-state index contributed by atoms with van der Waals surface area (Å²) in [5.74, 6) is -0.127. The van der Waals surface area contributed by atoms with E-state index < -0.39 is 5.82 Å². The topological polar surface area (TPSA) is 67.9 Å². The summed E-state index contributed by atoms with van der Waals surface area (Å²) in [6.45, 7) is 0.495. The molecule has 2 amide bonds. The molecule has 1 aliphatic rings. The number of amides is 2. The maximum Gasteiger partial charge on any atom is 0.261 e. The van der Waals surface area contributed by atoms with E-state index in [-0.39, 0.29) is 17.4 Å². The normalized spacial score (nSPS) is 12.7. The number of ether oxygens (including phenoxy) is 2. The second-order valence-corrected chi connectivity index (χ2v) is 7.40. The summed E-state index contributed by atoms with van der Waals surface area (Å²) in [6.07, 6.45) is 1.45. The van der Waals surface area contributed by atoms with Crippen molar-refractivity contribution in [2.45, 2.75) is 12.8 Å². The Morgan fingerprint density at radius 2 is 1.81 bits per heavy atom. The van der Waals surface area contributed by atoms with Gasteiger partial charge in [0.15, 0.2) is 0 Å². The Kier molecular flexibility index (Phi) is 6.07. The summed E-state index contributed by atoms with van der Waals surface area (Å²) in [5, 5.41) is 2.85. The summed E-state index contributed by atoms with van der Waals surface area (Å²) < 4.78 is 24.7. The van der Waals surface area contributed by atoms with Gasteiger partial charge in [-0.2, -0.15) is 0 Å². The molecule has 6 nitrogen and oxygen atoms in total. The predicted octanol–water partition coefficient (Wildman–Crippen LogP) is 4.69. The van der Waals surface area contributed by atoms with E-state index in [1.807, 2.05) is 0 Å². The van der Waals surface area contributed by atoms with Crippen LogP contribution < -0.4 is 19.7 Å². The van der Waals surface area contributed by atoms with Crippen molar-refractivity contribution < 1.29 is 23.5 Å². The van der Waals surface area contributed by atoms with Gasteiger partial charge in [0.2, 0.25) is 0 Å². The lowest BCUT2D eigenvalue weighted by Crippen LogP contribution is -2.36. The first kappa shape index (κ1) is 21.4. The minimum Gasteiger partial charge on any atom is -0.497 e. The van der Waals surface area contributed by atoms with Crippen LogP contribution in [-0.2, 0) is 6.42 Å². The largest absolute Gasteiger partial charge is 0.497 e. The number of hydrogen-bond acceptors (Lipinski definition) is 4. The standard InChI is InChI=1S/C25H23FN2O4/c1-31-18-10-11-21(23(15-18)32-2)27-24(29)17-9-12-22-16(14-17)6-5-13-28(22)25(30)19-7-3-4-8-20(19)26/h3-4,7-12,14-15H,5-6,13H2,1-2H3,(H,27,29). The molecule has 0 saturated heterocycles. The SMILES string of the molecule is COc1ccc(NC(=O)c2ccc3c(c2)CCCN3C(=O)c2ccccc2F)c(OC)c1. The van der Waals surface area contributed by atoms with Gasteiger partial charge in [-0.05, 0) is 60.9 Å². The number of carbonyl (C=O) groups is 2. The zero-order valence-electron chi connectivity index (χ0n) is 17.9. The van der Waals surface area contributed by atoms with Gasteiger partial charge in [0.25, 0.3) is 11.8 Å². The molecule has 3 aromatic carbocycles. The van der Waals surface area contributed by atoms with E-state index in [2.05, 4.69) is 5.32 Å². The molecule has 0 unspecified atom stereocenters. The molecule has 32 heavy (non-hydrogen) atoms. The molecule has 0 aromatic heterocycles. The summed E-state index contributed by atoms with van der Waals surface area (Å²) in [6, 6.07) is 16.3. The van der Waals surface area contributed by atoms with Crippen molar-refractivity contribution in [3.8, 4) is 11.5 Å². The van der Waals surface area contributed by atoms with Crippen molar-refractivity contribution in [3.63, 3.8) is 0 Å². The van der Waals surface area contributed by atoms with Crippen LogP contribution in [0.3, 0.4) is 0 Å². The number of anilines is 2. The molecule has 0 radical (unpaired) electrons. The Labute approximate surface area is 185 Å². The average molecular weight is 434 g/mol.